The van der Waals surface area contributed by atoms with E-state index in [0.717, 1.165) is 6.54 Å². The first-order chi connectivity index (χ1) is 9.71. The van der Waals surface area contributed by atoms with E-state index in [0.29, 0.717) is 17.3 Å². The van der Waals surface area contributed by atoms with Crippen LogP contribution in [0.1, 0.15) is 32.6 Å². The third kappa shape index (κ3) is 2.68. The summed E-state index contributed by atoms with van der Waals surface area (Å²) in [5.74, 6) is 1.04. The van der Waals surface area contributed by atoms with Gasteiger partial charge < -0.3 is 11.1 Å². The Balaban J connectivity index is 1.74. The molecule has 0 aromatic carbocycles. The van der Waals surface area contributed by atoms with E-state index in [1.54, 1.807) is 0 Å². The number of nitrogens with two attached hydrogens (primary N) is 1. The number of hydrogen-bond acceptors (Lipinski definition) is 7. The molecule has 2 heterocycles. The number of nitrogens with zero attached hydrogens (tertiary/aromatic N) is 6. The van der Waals surface area contributed by atoms with Crippen molar-refractivity contribution in [2.24, 2.45) is 5.41 Å². The van der Waals surface area contributed by atoms with Crippen LogP contribution in [0.5, 0.6) is 0 Å². The average molecular weight is 274 g/mol. The van der Waals surface area contributed by atoms with Crippen LogP contribution in [0, 0.1) is 5.41 Å². The zero-order valence-corrected chi connectivity index (χ0v) is 11.5. The minimum absolute atomic E-state index is 0.174. The molecule has 3 N–H and O–H groups in total. The van der Waals surface area contributed by atoms with Crippen LogP contribution in [-0.4, -0.2) is 36.3 Å². The summed E-state index contributed by atoms with van der Waals surface area (Å²) in [5, 5.41) is 7.26. The molecule has 2 aromatic heterocycles. The number of nitrogens with one attached hydrogen (secondary N) is 1. The largest absolute Gasteiger partial charge is 0.368 e. The molecule has 0 aliphatic heterocycles. The summed E-state index contributed by atoms with van der Waals surface area (Å²) in [6, 6.07) is 0. The molecule has 0 amide bonds. The Labute approximate surface area is 116 Å². The topological polar surface area (TPSA) is 107 Å². The smallest absolute Gasteiger partial charge is 0.258 e. The van der Waals surface area contributed by atoms with Gasteiger partial charge in [-0.3, -0.25) is 0 Å². The first-order valence-electron chi connectivity index (χ1n) is 6.81. The Bertz CT molecular complexity index is 575. The first kappa shape index (κ1) is 12.8. The van der Waals surface area contributed by atoms with Crippen LogP contribution in [-0.2, 0) is 0 Å². The Kier molecular flexibility index (Phi) is 3.21. The number of anilines is 2. The summed E-state index contributed by atoms with van der Waals surface area (Å²) in [6.07, 6.45) is 7.92. The molecule has 8 heteroatoms. The fraction of sp³-hybridized carbons (Fsp3) is 0.583. The van der Waals surface area contributed by atoms with E-state index in [9.17, 15) is 0 Å². The van der Waals surface area contributed by atoms with E-state index >= 15 is 0 Å². The Morgan fingerprint density at radius 2 is 2.20 bits per heavy atom. The van der Waals surface area contributed by atoms with Crippen molar-refractivity contribution in [3.63, 3.8) is 0 Å². The van der Waals surface area contributed by atoms with Gasteiger partial charge in [-0.1, -0.05) is 13.3 Å². The molecule has 8 nitrogen and oxygen atoms in total. The lowest BCUT2D eigenvalue weighted by molar-refractivity contribution is 0.484. The molecule has 2 aromatic rings. The summed E-state index contributed by atoms with van der Waals surface area (Å²) in [6.45, 7) is 3.09. The summed E-state index contributed by atoms with van der Waals surface area (Å²) in [4.78, 5) is 16.3. The number of aromatic nitrogens is 6. The molecule has 1 saturated carbocycles. The summed E-state index contributed by atoms with van der Waals surface area (Å²) < 4.78 is 1.46. The van der Waals surface area contributed by atoms with Crippen LogP contribution in [0.4, 0.5) is 11.9 Å². The Morgan fingerprint density at radius 3 is 2.85 bits per heavy atom. The third-order valence-corrected chi connectivity index (χ3v) is 3.62. The predicted octanol–water partition coefficient (Wildman–Crippen LogP) is 1.03. The minimum Gasteiger partial charge on any atom is -0.368 e. The van der Waals surface area contributed by atoms with Crippen molar-refractivity contribution in [3.05, 3.63) is 12.7 Å². The van der Waals surface area contributed by atoms with Gasteiger partial charge in [0.1, 0.15) is 12.7 Å². The molecule has 106 valence electrons. The highest BCUT2D eigenvalue weighted by Gasteiger charge is 2.41. The SMILES string of the molecule is CCCC1(CNc2nc(N)nc(-n3cncn3)n2)CC1. The first-order valence-corrected chi connectivity index (χ1v) is 6.81. The standard InChI is InChI=1S/C12H18N8/c1-2-3-12(4-5-12)6-15-10-17-9(13)18-11(19-10)20-8-14-7-16-20/h7-8H,2-6H2,1H3,(H3,13,15,17,18,19). The van der Waals surface area contributed by atoms with Gasteiger partial charge in [-0.25, -0.2) is 4.98 Å². The average Bonchev–Trinajstić information content (AvgIpc) is 2.99. The van der Waals surface area contributed by atoms with E-state index in [1.165, 1.54) is 43.0 Å². The molecule has 3 rings (SSSR count). The maximum absolute atomic E-state index is 5.72. The Morgan fingerprint density at radius 1 is 1.35 bits per heavy atom. The van der Waals surface area contributed by atoms with Gasteiger partial charge in [0.15, 0.2) is 0 Å². The second-order valence-electron chi connectivity index (χ2n) is 5.26. The van der Waals surface area contributed by atoms with Crippen LogP contribution < -0.4 is 11.1 Å². The maximum atomic E-state index is 5.72. The fourth-order valence-corrected chi connectivity index (χ4v) is 2.36. The van der Waals surface area contributed by atoms with Gasteiger partial charge in [0.25, 0.3) is 5.95 Å². The summed E-state index contributed by atoms with van der Waals surface area (Å²) in [7, 11) is 0. The van der Waals surface area contributed by atoms with Crippen molar-refractivity contribution in [2.75, 3.05) is 17.6 Å². The lowest BCUT2D eigenvalue weighted by Crippen LogP contribution is -2.18. The van der Waals surface area contributed by atoms with Crippen molar-refractivity contribution in [2.45, 2.75) is 32.6 Å². The third-order valence-electron chi connectivity index (χ3n) is 3.62. The molecule has 0 atom stereocenters. The van der Waals surface area contributed by atoms with Gasteiger partial charge in [-0.05, 0) is 24.7 Å². The van der Waals surface area contributed by atoms with Crippen molar-refractivity contribution in [3.8, 4) is 5.95 Å². The number of hydrogen-bond donors (Lipinski definition) is 2. The lowest BCUT2D eigenvalue weighted by Gasteiger charge is -2.15. The van der Waals surface area contributed by atoms with Gasteiger partial charge in [-0.15, -0.1) is 0 Å². The highest BCUT2D eigenvalue weighted by molar-refractivity contribution is 5.35. The quantitative estimate of drug-likeness (QED) is 0.809. The zero-order chi connectivity index (χ0) is 14.0. The molecule has 0 radical (unpaired) electrons. The van der Waals surface area contributed by atoms with Crippen LogP contribution in [0.2, 0.25) is 0 Å². The van der Waals surface area contributed by atoms with Crippen LogP contribution >= 0.6 is 0 Å². The highest BCUT2D eigenvalue weighted by atomic mass is 15.4. The molecule has 0 bridgehead atoms. The second kappa shape index (κ2) is 5.03. The molecular weight excluding hydrogens is 256 g/mol. The van der Waals surface area contributed by atoms with E-state index in [4.69, 9.17) is 5.73 Å². The van der Waals surface area contributed by atoms with Gasteiger partial charge in [0.05, 0.1) is 0 Å². The number of rotatable bonds is 6. The number of nitrogen functional groups attached to an aromatic ring is 1. The minimum atomic E-state index is 0.174. The molecule has 1 fully saturated rings. The van der Waals surface area contributed by atoms with Gasteiger partial charge in [-0.2, -0.15) is 24.7 Å². The molecule has 0 spiro atoms. The van der Waals surface area contributed by atoms with Crippen molar-refractivity contribution >= 4 is 11.9 Å². The van der Waals surface area contributed by atoms with E-state index < -0.39 is 0 Å². The predicted molar refractivity (Wildman–Crippen MR) is 74.2 cm³/mol. The van der Waals surface area contributed by atoms with Crippen molar-refractivity contribution < 1.29 is 0 Å². The van der Waals surface area contributed by atoms with Crippen LogP contribution in [0.15, 0.2) is 12.7 Å². The van der Waals surface area contributed by atoms with Gasteiger partial charge in [0, 0.05) is 6.54 Å². The molecule has 0 unspecified atom stereocenters. The van der Waals surface area contributed by atoms with Crippen molar-refractivity contribution in [1.82, 2.24) is 29.7 Å². The van der Waals surface area contributed by atoms with Crippen LogP contribution in [0.3, 0.4) is 0 Å². The van der Waals surface area contributed by atoms with Crippen molar-refractivity contribution in [1.29, 1.82) is 0 Å². The van der Waals surface area contributed by atoms with E-state index in [1.807, 2.05) is 0 Å². The van der Waals surface area contributed by atoms with Gasteiger partial charge >= 0.3 is 0 Å². The summed E-state index contributed by atoms with van der Waals surface area (Å²) >= 11 is 0. The fourth-order valence-electron chi connectivity index (χ4n) is 2.36. The normalized spacial score (nSPS) is 16.1. The molecule has 1 aliphatic carbocycles. The summed E-state index contributed by atoms with van der Waals surface area (Å²) in [5.41, 5.74) is 6.14. The molecular formula is C12H18N8. The van der Waals surface area contributed by atoms with Crippen LogP contribution in [0.25, 0.3) is 5.95 Å². The Hall–Kier alpha value is -2.25. The highest BCUT2D eigenvalue weighted by Crippen LogP contribution is 2.49. The van der Waals surface area contributed by atoms with Gasteiger partial charge in [0.2, 0.25) is 11.9 Å². The van der Waals surface area contributed by atoms with E-state index in [-0.39, 0.29) is 5.95 Å². The van der Waals surface area contributed by atoms with E-state index in [2.05, 4.69) is 37.3 Å². The zero-order valence-electron chi connectivity index (χ0n) is 11.5. The maximum Gasteiger partial charge on any atom is 0.258 e. The molecule has 0 saturated heterocycles. The molecule has 1 aliphatic rings. The lowest BCUT2D eigenvalue weighted by atomic mass is 10.0. The monoisotopic (exact) mass is 274 g/mol. The molecule has 20 heavy (non-hydrogen) atoms. The second-order valence-corrected chi connectivity index (χ2v) is 5.26.